The van der Waals surface area contributed by atoms with E-state index >= 15 is 0 Å². The smallest absolute Gasteiger partial charge is 0.124 e. The van der Waals surface area contributed by atoms with Gasteiger partial charge in [-0.15, -0.1) is 0 Å². The summed E-state index contributed by atoms with van der Waals surface area (Å²) in [6.45, 7) is 6.56. The van der Waals surface area contributed by atoms with E-state index in [9.17, 15) is 0 Å². The Morgan fingerprint density at radius 3 is 2.35 bits per heavy atom. The van der Waals surface area contributed by atoms with Gasteiger partial charge < -0.3 is 19.3 Å². The lowest BCUT2D eigenvalue weighted by atomic mass is 10.1. The predicted molar refractivity (Wildman–Crippen MR) is 150 cm³/mol. The standard InChI is InChI=1S/C30H37N5O2/c1-22-15-29(23-20-31-33(2)21-23)32-30-18-24(9-10-28(22)30)35(14-8-13-34-11-6-5-7-12-34)25-16-26(36-3)19-27(17-25)37-4/h9-10,15-21H,5-8,11-14H2,1-4H3. The van der Waals surface area contributed by atoms with Crippen molar-refractivity contribution in [3.63, 3.8) is 0 Å². The predicted octanol–water partition coefficient (Wildman–Crippen LogP) is 5.98. The molecule has 37 heavy (non-hydrogen) atoms. The summed E-state index contributed by atoms with van der Waals surface area (Å²) >= 11 is 0. The van der Waals surface area contributed by atoms with Gasteiger partial charge in [0.2, 0.25) is 0 Å². The Morgan fingerprint density at radius 2 is 1.68 bits per heavy atom. The van der Waals surface area contributed by atoms with E-state index in [1.807, 2.05) is 30.2 Å². The molecule has 0 spiro atoms. The summed E-state index contributed by atoms with van der Waals surface area (Å²) in [7, 11) is 5.32. The summed E-state index contributed by atoms with van der Waals surface area (Å²) in [5.74, 6) is 1.56. The number of aromatic nitrogens is 3. The molecular formula is C30H37N5O2. The van der Waals surface area contributed by atoms with Crippen molar-refractivity contribution in [1.82, 2.24) is 19.7 Å². The minimum atomic E-state index is 0.781. The number of ether oxygens (including phenoxy) is 2. The number of aryl methyl sites for hydroxylation is 2. The lowest BCUT2D eigenvalue weighted by Crippen LogP contribution is -2.32. The molecule has 2 aromatic carbocycles. The molecular weight excluding hydrogens is 462 g/mol. The maximum atomic E-state index is 5.60. The number of piperidine rings is 1. The maximum absolute atomic E-state index is 5.60. The fraction of sp³-hybridized carbons (Fsp3) is 0.400. The van der Waals surface area contributed by atoms with Crippen molar-refractivity contribution in [2.45, 2.75) is 32.6 Å². The fourth-order valence-corrected chi connectivity index (χ4v) is 5.25. The molecule has 0 unspecified atom stereocenters. The van der Waals surface area contributed by atoms with Gasteiger partial charge in [-0.05, 0) is 69.6 Å². The molecule has 0 bridgehead atoms. The Bertz CT molecular complexity index is 1340. The van der Waals surface area contributed by atoms with Crippen molar-refractivity contribution in [3.05, 3.63) is 60.4 Å². The number of hydrogen-bond donors (Lipinski definition) is 0. The molecule has 3 heterocycles. The van der Waals surface area contributed by atoms with Crippen molar-refractivity contribution in [2.75, 3.05) is 45.3 Å². The molecule has 4 aromatic rings. The Morgan fingerprint density at radius 1 is 0.919 bits per heavy atom. The minimum absolute atomic E-state index is 0.781. The van der Waals surface area contributed by atoms with Gasteiger partial charge in [-0.2, -0.15) is 5.10 Å². The van der Waals surface area contributed by atoms with Crippen LogP contribution in [0.3, 0.4) is 0 Å². The van der Waals surface area contributed by atoms with Crippen LogP contribution in [0.2, 0.25) is 0 Å². The lowest BCUT2D eigenvalue weighted by molar-refractivity contribution is 0.227. The van der Waals surface area contributed by atoms with Crippen LogP contribution in [0.25, 0.3) is 22.2 Å². The zero-order valence-corrected chi connectivity index (χ0v) is 22.4. The van der Waals surface area contributed by atoms with Crippen LogP contribution in [0, 0.1) is 6.92 Å². The molecule has 0 radical (unpaired) electrons. The number of hydrogen-bond acceptors (Lipinski definition) is 6. The van der Waals surface area contributed by atoms with Gasteiger partial charge in [0.05, 0.1) is 31.6 Å². The van der Waals surface area contributed by atoms with Crippen LogP contribution in [0.5, 0.6) is 11.5 Å². The molecule has 1 fully saturated rings. The summed E-state index contributed by atoms with van der Waals surface area (Å²) in [5, 5.41) is 5.49. The highest BCUT2D eigenvalue weighted by molar-refractivity contribution is 5.88. The van der Waals surface area contributed by atoms with Gasteiger partial charge in [-0.1, -0.05) is 12.5 Å². The SMILES string of the molecule is COc1cc(OC)cc(N(CCCN2CCCCC2)c2ccc3c(C)cc(-c4cnn(C)c4)nc3c2)c1. The van der Waals surface area contributed by atoms with Crippen LogP contribution in [-0.2, 0) is 7.05 Å². The van der Waals surface area contributed by atoms with E-state index in [4.69, 9.17) is 14.5 Å². The van der Waals surface area contributed by atoms with Gasteiger partial charge in [0.1, 0.15) is 11.5 Å². The Labute approximate surface area is 219 Å². The fourth-order valence-electron chi connectivity index (χ4n) is 5.25. The minimum Gasteiger partial charge on any atom is -0.497 e. The average Bonchev–Trinajstić information content (AvgIpc) is 3.37. The maximum Gasteiger partial charge on any atom is 0.124 e. The number of pyridine rings is 1. The second kappa shape index (κ2) is 11.2. The molecule has 7 heteroatoms. The highest BCUT2D eigenvalue weighted by Crippen LogP contribution is 2.35. The number of fused-ring (bicyclic) bond motifs is 1. The molecule has 194 valence electrons. The summed E-state index contributed by atoms with van der Waals surface area (Å²) in [5.41, 5.74) is 6.30. The molecule has 0 amide bonds. The quantitative estimate of drug-likeness (QED) is 0.283. The molecule has 1 aliphatic heterocycles. The van der Waals surface area contributed by atoms with E-state index < -0.39 is 0 Å². The van der Waals surface area contributed by atoms with Gasteiger partial charge in [-0.25, -0.2) is 4.98 Å². The van der Waals surface area contributed by atoms with Crippen LogP contribution in [0.1, 0.15) is 31.2 Å². The van der Waals surface area contributed by atoms with Gasteiger partial charge in [-0.3, -0.25) is 4.68 Å². The number of nitrogens with zero attached hydrogens (tertiary/aromatic N) is 5. The monoisotopic (exact) mass is 499 g/mol. The van der Waals surface area contributed by atoms with Crippen LogP contribution in [-0.4, -0.2) is 60.1 Å². The van der Waals surface area contributed by atoms with E-state index in [2.05, 4.69) is 58.2 Å². The number of benzene rings is 2. The molecule has 7 nitrogen and oxygen atoms in total. The van der Waals surface area contributed by atoms with Crippen LogP contribution < -0.4 is 14.4 Å². The van der Waals surface area contributed by atoms with Crippen LogP contribution in [0.15, 0.2) is 54.9 Å². The highest BCUT2D eigenvalue weighted by atomic mass is 16.5. The molecule has 0 saturated carbocycles. The summed E-state index contributed by atoms with van der Waals surface area (Å²) < 4.78 is 13.0. The van der Waals surface area contributed by atoms with Crippen molar-refractivity contribution >= 4 is 22.3 Å². The number of methoxy groups -OCH3 is 2. The number of anilines is 2. The van der Waals surface area contributed by atoms with Crippen LogP contribution >= 0.6 is 0 Å². The van der Waals surface area contributed by atoms with E-state index in [1.54, 1.807) is 14.2 Å². The molecule has 0 N–H and O–H groups in total. The second-order valence-electron chi connectivity index (χ2n) is 9.91. The van der Waals surface area contributed by atoms with Crippen molar-refractivity contribution in [3.8, 4) is 22.8 Å². The third-order valence-electron chi connectivity index (χ3n) is 7.27. The molecule has 0 aliphatic carbocycles. The zero-order valence-electron chi connectivity index (χ0n) is 22.4. The van der Waals surface area contributed by atoms with Crippen molar-refractivity contribution < 1.29 is 9.47 Å². The van der Waals surface area contributed by atoms with Gasteiger partial charge >= 0.3 is 0 Å². The molecule has 1 saturated heterocycles. The van der Waals surface area contributed by atoms with Crippen molar-refractivity contribution in [2.24, 2.45) is 7.05 Å². The number of likely N-dealkylation sites (tertiary alicyclic amines) is 1. The third-order valence-corrected chi connectivity index (χ3v) is 7.27. The van der Waals surface area contributed by atoms with E-state index in [-0.39, 0.29) is 0 Å². The Kier molecular flexibility index (Phi) is 7.60. The summed E-state index contributed by atoms with van der Waals surface area (Å²) in [6.07, 6.45) is 8.92. The topological polar surface area (TPSA) is 55.7 Å². The van der Waals surface area contributed by atoms with Gasteiger partial charge in [0, 0.05) is 60.3 Å². The molecule has 1 aliphatic rings. The lowest BCUT2D eigenvalue weighted by Gasteiger charge is -2.30. The largest absolute Gasteiger partial charge is 0.497 e. The highest BCUT2D eigenvalue weighted by Gasteiger charge is 2.16. The average molecular weight is 500 g/mol. The normalized spacial score (nSPS) is 14.2. The summed E-state index contributed by atoms with van der Waals surface area (Å²) in [6, 6.07) is 14.8. The zero-order chi connectivity index (χ0) is 25.8. The molecule has 5 rings (SSSR count). The Balaban J connectivity index is 1.51. The number of rotatable bonds is 9. The second-order valence-corrected chi connectivity index (χ2v) is 9.91. The van der Waals surface area contributed by atoms with Gasteiger partial charge in [0.25, 0.3) is 0 Å². The first kappa shape index (κ1) is 25.1. The van der Waals surface area contributed by atoms with Gasteiger partial charge in [0.15, 0.2) is 0 Å². The van der Waals surface area contributed by atoms with Crippen LogP contribution in [0.4, 0.5) is 11.4 Å². The third kappa shape index (κ3) is 5.72. The molecule has 0 atom stereocenters. The first-order valence-corrected chi connectivity index (χ1v) is 13.2. The van der Waals surface area contributed by atoms with E-state index in [1.165, 1.54) is 37.9 Å². The van der Waals surface area contributed by atoms with E-state index in [0.29, 0.717) is 0 Å². The summed E-state index contributed by atoms with van der Waals surface area (Å²) in [4.78, 5) is 10.00. The first-order chi connectivity index (χ1) is 18.0. The Hall–Kier alpha value is -3.58. The first-order valence-electron chi connectivity index (χ1n) is 13.2. The van der Waals surface area contributed by atoms with E-state index in [0.717, 1.165) is 64.5 Å². The van der Waals surface area contributed by atoms with Crippen molar-refractivity contribution in [1.29, 1.82) is 0 Å². The molecule has 2 aromatic heterocycles.